The third-order valence-electron chi connectivity index (χ3n) is 4.83. The highest BCUT2D eigenvalue weighted by atomic mass is 32.2. The molecule has 100 valence electrons. The van der Waals surface area contributed by atoms with Crippen LogP contribution in [-0.2, 0) is 10.0 Å². The number of hydrazone groups is 1. The van der Waals surface area contributed by atoms with Gasteiger partial charge in [0.05, 0.1) is 4.90 Å². The summed E-state index contributed by atoms with van der Waals surface area (Å²) in [6.45, 7) is 1.93. The molecule has 19 heavy (non-hydrogen) atoms. The van der Waals surface area contributed by atoms with Crippen LogP contribution < -0.4 is 4.83 Å². The molecule has 4 aliphatic rings. The second kappa shape index (κ2) is 3.60. The third kappa shape index (κ3) is 1.64. The Kier molecular flexibility index (Phi) is 2.17. The van der Waals surface area contributed by atoms with Crippen LogP contribution in [0.4, 0.5) is 0 Å². The summed E-state index contributed by atoms with van der Waals surface area (Å²) < 4.78 is 24.2. The molecule has 1 aromatic rings. The van der Waals surface area contributed by atoms with Crippen molar-refractivity contribution in [2.24, 2.45) is 28.8 Å². The van der Waals surface area contributed by atoms with Crippen LogP contribution in [0.1, 0.15) is 18.4 Å². The Bertz CT molecular complexity index is 647. The Balaban J connectivity index is 1.56. The molecule has 1 aromatic carbocycles. The van der Waals surface area contributed by atoms with Gasteiger partial charge in [-0.2, -0.15) is 13.5 Å². The van der Waals surface area contributed by atoms with E-state index in [1.807, 2.05) is 6.92 Å². The molecule has 4 fully saturated rings. The average molecular weight is 276 g/mol. The van der Waals surface area contributed by atoms with Crippen molar-refractivity contribution >= 4 is 15.7 Å². The van der Waals surface area contributed by atoms with E-state index in [0.717, 1.165) is 23.1 Å². The van der Waals surface area contributed by atoms with E-state index >= 15 is 0 Å². The molecule has 4 saturated carbocycles. The molecule has 0 heterocycles. The lowest BCUT2D eigenvalue weighted by Gasteiger charge is -2.06. The summed E-state index contributed by atoms with van der Waals surface area (Å²) in [4.78, 5) is 2.69. The van der Waals surface area contributed by atoms with Crippen molar-refractivity contribution in [1.29, 1.82) is 0 Å². The van der Waals surface area contributed by atoms with Crippen molar-refractivity contribution in [3.05, 3.63) is 29.8 Å². The summed E-state index contributed by atoms with van der Waals surface area (Å²) in [5.41, 5.74) is 2.15. The van der Waals surface area contributed by atoms with Crippen LogP contribution in [0.25, 0.3) is 0 Å². The number of nitrogens with zero attached hydrogens (tertiary/aromatic N) is 1. The third-order valence-corrected chi connectivity index (χ3v) is 6.06. The van der Waals surface area contributed by atoms with E-state index < -0.39 is 10.0 Å². The van der Waals surface area contributed by atoms with Crippen molar-refractivity contribution in [1.82, 2.24) is 4.83 Å². The van der Waals surface area contributed by atoms with Crippen molar-refractivity contribution in [3.8, 4) is 0 Å². The molecule has 1 N–H and O–H groups in total. The van der Waals surface area contributed by atoms with Crippen LogP contribution in [-0.4, -0.2) is 14.1 Å². The molecule has 0 saturated heterocycles. The molecule has 2 atom stereocenters. The van der Waals surface area contributed by atoms with Gasteiger partial charge >= 0.3 is 0 Å². The number of nitrogens with one attached hydrogen (secondary N) is 1. The van der Waals surface area contributed by atoms with Gasteiger partial charge in [0.25, 0.3) is 10.0 Å². The zero-order valence-electron chi connectivity index (χ0n) is 10.7. The monoisotopic (exact) mass is 276 g/mol. The Labute approximate surface area is 113 Å². The highest BCUT2D eigenvalue weighted by Gasteiger charge is 2.67. The molecule has 4 nitrogen and oxygen atoms in total. The smallest absolute Gasteiger partial charge is 0.200 e. The van der Waals surface area contributed by atoms with Gasteiger partial charge in [0.15, 0.2) is 0 Å². The SMILES string of the molecule is Cc1ccc(S(=O)(=O)NN=C2C3CC4C(C3)C24)cc1. The van der Waals surface area contributed by atoms with Crippen LogP contribution in [0.3, 0.4) is 0 Å². The molecule has 0 amide bonds. The van der Waals surface area contributed by atoms with Crippen LogP contribution in [0, 0.1) is 30.6 Å². The minimum Gasteiger partial charge on any atom is -0.200 e. The van der Waals surface area contributed by atoms with Crippen molar-refractivity contribution < 1.29 is 8.42 Å². The predicted molar refractivity (Wildman–Crippen MR) is 72.1 cm³/mol. The first kappa shape index (κ1) is 11.5. The number of benzene rings is 1. The van der Waals surface area contributed by atoms with Gasteiger partial charge in [-0.25, -0.2) is 4.83 Å². The molecule has 2 unspecified atom stereocenters. The topological polar surface area (TPSA) is 58.5 Å². The van der Waals surface area contributed by atoms with Gasteiger partial charge in [-0.15, -0.1) is 0 Å². The fourth-order valence-electron chi connectivity index (χ4n) is 3.84. The number of aryl methyl sites for hydroxylation is 1. The summed E-state index contributed by atoms with van der Waals surface area (Å²) in [6, 6.07) is 6.83. The van der Waals surface area contributed by atoms with Gasteiger partial charge in [-0.3, -0.25) is 0 Å². The van der Waals surface area contributed by atoms with Gasteiger partial charge in [-0.1, -0.05) is 17.7 Å². The van der Waals surface area contributed by atoms with Crippen molar-refractivity contribution in [3.63, 3.8) is 0 Å². The maximum Gasteiger partial charge on any atom is 0.276 e. The maximum absolute atomic E-state index is 12.1. The van der Waals surface area contributed by atoms with E-state index in [9.17, 15) is 8.42 Å². The quantitative estimate of drug-likeness (QED) is 0.857. The first-order valence-electron chi connectivity index (χ1n) is 6.72. The molecule has 4 aliphatic carbocycles. The predicted octanol–water partition coefficient (Wildman–Crippen LogP) is 1.92. The van der Waals surface area contributed by atoms with Gasteiger partial charge < -0.3 is 0 Å². The van der Waals surface area contributed by atoms with Gasteiger partial charge in [0, 0.05) is 11.6 Å². The van der Waals surface area contributed by atoms with Crippen LogP contribution in [0.15, 0.2) is 34.3 Å². The molecule has 5 heteroatoms. The van der Waals surface area contributed by atoms with Crippen LogP contribution in [0.2, 0.25) is 0 Å². The lowest BCUT2D eigenvalue weighted by atomic mass is 10.1. The van der Waals surface area contributed by atoms with E-state index in [0.29, 0.717) is 11.8 Å². The zero-order chi connectivity index (χ0) is 13.2. The molecule has 5 rings (SSSR count). The highest BCUT2D eigenvalue weighted by Crippen LogP contribution is 2.68. The fraction of sp³-hybridized carbons (Fsp3) is 0.500. The van der Waals surface area contributed by atoms with E-state index in [-0.39, 0.29) is 4.90 Å². The van der Waals surface area contributed by atoms with E-state index in [4.69, 9.17) is 0 Å². The van der Waals surface area contributed by atoms with Crippen molar-refractivity contribution in [2.75, 3.05) is 0 Å². The Hall–Kier alpha value is -1.36. The summed E-state index contributed by atoms with van der Waals surface area (Å²) in [5, 5.41) is 4.22. The van der Waals surface area contributed by atoms with Gasteiger partial charge in [0.1, 0.15) is 0 Å². The minimum absolute atomic E-state index is 0.278. The highest BCUT2D eigenvalue weighted by molar-refractivity contribution is 7.89. The lowest BCUT2D eigenvalue weighted by molar-refractivity contribution is 0.584. The number of hydrogen-bond donors (Lipinski definition) is 1. The Morgan fingerprint density at radius 3 is 2.32 bits per heavy atom. The summed E-state index contributed by atoms with van der Waals surface area (Å²) >= 11 is 0. The lowest BCUT2D eigenvalue weighted by Crippen LogP contribution is -2.21. The normalized spacial score (nSPS) is 36.8. The Morgan fingerprint density at radius 1 is 1.16 bits per heavy atom. The van der Waals surface area contributed by atoms with E-state index in [1.165, 1.54) is 12.8 Å². The molecular weight excluding hydrogens is 260 g/mol. The second-order valence-corrected chi connectivity index (χ2v) is 7.63. The summed E-state index contributed by atoms with van der Waals surface area (Å²) in [7, 11) is -3.51. The number of rotatable bonds is 3. The van der Waals surface area contributed by atoms with Gasteiger partial charge in [0.2, 0.25) is 0 Å². The molecule has 0 spiro atoms. The van der Waals surface area contributed by atoms with Gasteiger partial charge in [-0.05, 0) is 49.7 Å². The first-order valence-corrected chi connectivity index (χ1v) is 8.20. The van der Waals surface area contributed by atoms with E-state index in [2.05, 4.69) is 9.93 Å². The van der Waals surface area contributed by atoms with Crippen LogP contribution in [0.5, 0.6) is 0 Å². The summed E-state index contributed by atoms with van der Waals surface area (Å²) in [5.74, 6) is 2.76. The number of sulfonamides is 1. The largest absolute Gasteiger partial charge is 0.276 e. The van der Waals surface area contributed by atoms with Crippen LogP contribution >= 0.6 is 0 Å². The zero-order valence-corrected chi connectivity index (χ0v) is 11.5. The molecule has 4 bridgehead atoms. The molecule has 0 aliphatic heterocycles. The average Bonchev–Trinajstić information content (AvgIpc) is 2.76. The first-order chi connectivity index (χ1) is 9.06. The number of hydrogen-bond acceptors (Lipinski definition) is 3. The summed E-state index contributed by atoms with van der Waals surface area (Å²) in [6.07, 6.45) is 2.45. The molecule has 0 aromatic heterocycles. The second-order valence-electron chi connectivity index (χ2n) is 5.97. The maximum atomic E-state index is 12.1. The van der Waals surface area contributed by atoms with Crippen molar-refractivity contribution in [2.45, 2.75) is 24.7 Å². The molecule has 0 radical (unpaired) electrons. The fourth-order valence-corrected chi connectivity index (χ4v) is 4.67. The Morgan fingerprint density at radius 2 is 1.79 bits per heavy atom. The minimum atomic E-state index is -3.51. The van der Waals surface area contributed by atoms with E-state index in [1.54, 1.807) is 24.3 Å². The molecular formula is C14H16N2O2S. The standard InChI is InChI=1S/C14H16N2O2S/c1-8-2-4-10(5-3-8)19(17,18)16-15-14-9-6-11-12(7-9)13(11)14/h2-5,9,11-13,16H,6-7H2,1H3.